The van der Waals surface area contributed by atoms with Crippen molar-refractivity contribution in [3.8, 4) is 0 Å². The molecule has 0 heterocycles. The van der Waals surface area contributed by atoms with Gasteiger partial charge in [-0.05, 0) is 51.9 Å². The maximum absolute atomic E-state index is 11.8. The Hall–Kier alpha value is -1.89. The zero-order valence-corrected chi connectivity index (χ0v) is 20.6. The van der Waals surface area contributed by atoms with Crippen molar-refractivity contribution in [2.75, 3.05) is 26.2 Å². The third kappa shape index (κ3) is 11.7. The minimum atomic E-state index is -0.897. The fourth-order valence-corrected chi connectivity index (χ4v) is 4.45. The summed E-state index contributed by atoms with van der Waals surface area (Å²) in [5, 5.41) is 29.1. The highest BCUT2D eigenvalue weighted by Crippen LogP contribution is 2.25. The lowest BCUT2D eigenvalue weighted by Gasteiger charge is -2.43. The van der Waals surface area contributed by atoms with Crippen LogP contribution in [0.5, 0.6) is 0 Å². The lowest BCUT2D eigenvalue weighted by atomic mass is 9.95. The summed E-state index contributed by atoms with van der Waals surface area (Å²) in [6.07, 6.45) is 11.7. The Morgan fingerprint density at radius 2 is 1.06 bits per heavy atom. The first kappa shape index (κ1) is 30.1. The molecule has 0 aliphatic rings. The highest BCUT2D eigenvalue weighted by molar-refractivity contribution is 5.71. The molecule has 0 rings (SSSR count). The van der Waals surface area contributed by atoms with Crippen LogP contribution in [0.1, 0.15) is 85.5 Å². The number of hydrogen-bond acceptors (Lipinski definition) is 3. The Bertz CT molecular complexity index is 529. The van der Waals surface area contributed by atoms with Gasteiger partial charge in [-0.2, -0.15) is 0 Å². The number of hydrogen-bond donors (Lipinski definition) is 3. The molecular weight excluding hydrogens is 410 g/mol. The van der Waals surface area contributed by atoms with Crippen molar-refractivity contribution >= 4 is 17.9 Å². The standard InChI is InChI=1S/C25H45NO6/c1-5-9-10-11-12-13-14-15-16-26(17-20(6-2)23(27)28,18-21(7-3)24(29)30)19-22(8-4)25(31)32/h5,9,20-22H,6-8,10-19H2,1-4H3,(H2-,27,28,29,30,31,32)/p+1/b9-5+. The second-order valence-electron chi connectivity index (χ2n) is 9.07. The molecule has 0 spiro atoms. The van der Waals surface area contributed by atoms with Crippen molar-refractivity contribution in [2.24, 2.45) is 17.8 Å². The Balaban J connectivity index is 5.64. The number of aliphatic carboxylic acids is 3. The van der Waals surface area contributed by atoms with Crippen LogP contribution in [0.25, 0.3) is 0 Å². The number of rotatable bonds is 20. The van der Waals surface area contributed by atoms with E-state index in [4.69, 9.17) is 0 Å². The van der Waals surface area contributed by atoms with Crippen molar-refractivity contribution < 1.29 is 34.2 Å². The van der Waals surface area contributed by atoms with Crippen LogP contribution in [0.4, 0.5) is 0 Å². The van der Waals surface area contributed by atoms with Crippen molar-refractivity contribution in [1.82, 2.24) is 0 Å². The first-order chi connectivity index (χ1) is 15.2. The van der Waals surface area contributed by atoms with Crippen molar-refractivity contribution in [2.45, 2.75) is 85.5 Å². The summed E-state index contributed by atoms with van der Waals surface area (Å²) < 4.78 is 0.249. The number of carbonyl (C=O) groups is 3. The molecule has 0 saturated carbocycles. The van der Waals surface area contributed by atoms with Gasteiger partial charge in [0.15, 0.2) is 0 Å². The molecule has 0 bridgehead atoms. The van der Waals surface area contributed by atoms with Crippen molar-refractivity contribution in [1.29, 1.82) is 0 Å². The van der Waals surface area contributed by atoms with Crippen LogP contribution < -0.4 is 0 Å². The molecule has 0 aromatic carbocycles. The van der Waals surface area contributed by atoms with E-state index in [0.717, 1.165) is 38.5 Å². The molecule has 0 saturated heterocycles. The number of quaternary nitrogens is 1. The molecule has 0 fully saturated rings. The molecule has 0 aliphatic heterocycles. The van der Waals surface area contributed by atoms with Crippen LogP contribution in [-0.2, 0) is 14.4 Å². The summed E-state index contributed by atoms with van der Waals surface area (Å²) in [4.78, 5) is 35.5. The zero-order valence-electron chi connectivity index (χ0n) is 20.6. The second-order valence-corrected chi connectivity index (χ2v) is 9.07. The Kier molecular flexibility index (Phi) is 15.7. The van der Waals surface area contributed by atoms with Gasteiger partial charge in [0, 0.05) is 0 Å². The van der Waals surface area contributed by atoms with Gasteiger partial charge in [-0.3, -0.25) is 14.4 Å². The van der Waals surface area contributed by atoms with E-state index in [1.165, 1.54) is 0 Å². The van der Waals surface area contributed by atoms with Gasteiger partial charge in [0.1, 0.15) is 17.8 Å². The summed E-state index contributed by atoms with van der Waals surface area (Å²) in [7, 11) is 0. The van der Waals surface area contributed by atoms with Gasteiger partial charge in [0.05, 0.1) is 26.2 Å². The third-order valence-corrected chi connectivity index (χ3v) is 6.59. The zero-order chi connectivity index (χ0) is 24.6. The summed E-state index contributed by atoms with van der Waals surface area (Å²) in [6.45, 7) is 8.93. The minimum Gasteiger partial charge on any atom is -0.481 e. The van der Waals surface area contributed by atoms with Gasteiger partial charge in [-0.25, -0.2) is 0 Å². The van der Waals surface area contributed by atoms with Crippen LogP contribution in [0.2, 0.25) is 0 Å². The van der Waals surface area contributed by atoms with Crippen LogP contribution in [0.3, 0.4) is 0 Å². The SMILES string of the molecule is C/C=C/CCCCCCC[N+](CC(CC)C(=O)O)(CC(CC)C(=O)O)CC(CC)C(=O)O. The second kappa shape index (κ2) is 16.7. The fraction of sp³-hybridized carbons (Fsp3) is 0.800. The molecule has 7 heteroatoms. The maximum Gasteiger partial charge on any atom is 0.312 e. The van der Waals surface area contributed by atoms with Gasteiger partial charge in [-0.1, -0.05) is 45.8 Å². The summed E-state index contributed by atoms with van der Waals surface area (Å²) in [5.74, 6) is -4.54. The van der Waals surface area contributed by atoms with Crippen LogP contribution >= 0.6 is 0 Å². The molecule has 7 nitrogen and oxygen atoms in total. The molecule has 3 atom stereocenters. The molecule has 32 heavy (non-hydrogen) atoms. The van der Waals surface area contributed by atoms with E-state index in [9.17, 15) is 29.7 Å². The van der Waals surface area contributed by atoms with Crippen molar-refractivity contribution in [3.05, 3.63) is 12.2 Å². The molecule has 0 aliphatic carbocycles. The van der Waals surface area contributed by atoms with E-state index in [-0.39, 0.29) is 24.1 Å². The minimum absolute atomic E-state index is 0.249. The Morgan fingerprint density at radius 3 is 1.41 bits per heavy atom. The van der Waals surface area contributed by atoms with Gasteiger partial charge in [0.25, 0.3) is 0 Å². The van der Waals surface area contributed by atoms with Crippen LogP contribution in [0, 0.1) is 17.8 Å². The third-order valence-electron chi connectivity index (χ3n) is 6.59. The molecule has 0 aromatic rings. The van der Waals surface area contributed by atoms with Crippen LogP contribution in [-0.4, -0.2) is 63.9 Å². The number of allylic oxidation sites excluding steroid dienone is 2. The van der Waals surface area contributed by atoms with E-state index in [1.54, 1.807) is 0 Å². The monoisotopic (exact) mass is 456 g/mol. The van der Waals surface area contributed by atoms with E-state index in [2.05, 4.69) is 12.2 Å². The molecular formula is C25H46NO6+. The molecule has 3 unspecified atom stereocenters. The van der Waals surface area contributed by atoms with E-state index >= 15 is 0 Å². The molecule has 0 amide bonds. The lowest BCUT2D eigenvalue weighted by molar-refractivity contribution is -0.935. The Morgan fingerprint density at radius 1 is 0.688 bits per heavy atom. The average molecular weight is 457 g/mol. The van der Waals surface area contributed by atoms with Gasteiger partial charge >= 0.3 is 17.9 Å². The highest BCUT2D eigenvalue weighted by Gasteiger charge is 2.40. The van der Waals surface area contributed by atoms with Crippen LogP contribution in [0.15, 0.2) is 12.2 Å². The Labute approximate surface area is 194 Å². The predicted molar refractivity (Wildman–Crippen MR) is 126 cm³/mol. The molecule has 0 radical (unpaired) electrons. The van der Waals surface area contributed by atoms with Gasteiger partial charge in [0.2, 0.25) is 0 Å². The normalized spacial score (nSPS) is 16.4. The summed E-state index contributed by atoms with van der Waals surface area (Å²) in [5.41, 5.74) is 0. The predicted octanol–water partition coefficient (Wildman–Crippen LogP) is 5.05. The first-order valence-electron chi connectivity index (χ1n) is 12.3. The van der Waals surface area contributed by atoms with E-state index in [0.29, 0.717) is 25.8 Å². The van der Waals surface area contributed by atoms with Gasteiger partial charge < -0.3 is 19.8 Å². The van der Waals surface area contributed by atoms with E-state index in [1.807, 2.05) is 27.7 Å². The quantitative estimate of drug-likeness (QED) is 0.134. The summed E-state index contributed by atoms with van der Waals surface area (Å²) >= 11 is 0. The first-order valence-corrected chi connectivity index (χ1v) is 12.3. The smallest absolute Gasteiger partial charge is 0.312 e. The number of unbranched alkanes of at least 4 members (excludes halogenated alkanes) is 5. The van der Waals surface area contributed by atoms with E-state index < -0.39 is 35.7 Å². The fourth-order valence-electron chi connectivity index (χ4n) is 4.45. The van der Waals surface area contributed by atoms with Gasteiger partial charge in [-0.15, -0.1) is 0 Å². The lowest BCUT2D eigenvalue weighted by Crippen LogP contribution is -2.58. The number of carboxylic acid groups (broad SMARTS) is 3. The number of nitrogens with zero attached hydrogens (tertiary/aromatic N) is 1. The summed E-state index contributed by atoms with van der Waals surface area (Å²) in [6, 6.07) is 0. The molecule has 0 aromatic heterocycles. The topological polar surface area (TPSA) is 112 Å². The maximum atomic E-state index is 11.8. The largest absolute Gasteiger partial charge is 0.481 e. The van der Waals surface area contributed by atoms with Crippen molar-refractivity contribution in [3.63, 3.8) is 0 Å². The molecule has 3 N–H and O–H groups in total. The highest BCUT2D eigenvalue weighted by atomic mass is 16.4. The molecule has 186 valence electrons. The number of carboxylic acids is 3. The average Bonchev–Trinajstić information content (AvgIpc) is 2.75.